The fraction of sp³-hybridized carbons (Fsp3) is 0.178. The predicted molar refractivity (Wildman–Crippen MR) is 319 cm³/mol. The number of hydrogen-bond acceptors (Lipinski definition) is 4. The molecule has 0 spiro atoms. The number of benzene rings is 9. The monoisotopic (exact) mass is 1200 g/mol. The van der Waals surface area contributed by atoms with E-state index in [1.165, 1.54) is 65.5 Å². The van der Waals surface area contributed by atoms with Gasteiger partial charge in [-0.25, -0.2) is 4.98 Å². The maximum Gasteiger partial charge on any atom is 0.135 e. The number of nitrogens with zero attached hydrogens (tertiary/aromatic N) is 4. The van der Waals surface area contributed by atoms with Crippen molar-refractivity contribution in [1.82, 2.24) is 9.55 Å². The van der Waals surface area contributed by atoms with Gasteiger partial charge in [0, 0.05) is 77.9 Å². The number of fused-ring (bicyclic) bond motifs is 4. The molecule has 11 aromatic rings. The Hall–Kier alpha value is -7.98. The van der Waals surface area contributed by atoms with Crippen LogP contribution in [0.2, 0.25) is 0 Å². The summed E-state index contributed by atoms with van der Waals surface area (Å²) in [6, 6.07) is 82.6. The first-order chi connectivity index (χ1) is 38.3. The largest absolute Gasteiger partial charge is 0.509 e. The Morgan fingerprint density at radius 2 is 1.13 bits per heavy atom. The van der Waals surface area contributed by atoms with Gasteiger partial charge in [0.15, 0.2) is 0 Å². The normalized spacial score (nSPS) is 19.9. The van der Waals surface area contributed by atoms with Crippen molar-refractivity contribution in [1.29, 1.82) is 0 Å². The van der Waals surface area contributed by atoms with Crippen molar-refractivity contribution in [3.8, 4) is 50.7 Å². The summed E-state index contributed by atoms with van der Waals surface area (Å²) in [6.45, 7) is 8.83. The Balaban J connectivity index is 0.00000564. The molecule has 0 N–H and O–H groups in total. The topological polar surface area (TPSA) is 33.5 Å². The maximum atomic E-state index is 7.15. The molecule has 0 radical (unpaired) electrons. The Bertz CT molecular complexity index is 4000. The summed E-state index contributed by atoms with van der Waals surface area (Å²) in [5, 5.41) is 2.27. The molecule has 5 aliphatic rings. The van der Waals surface area contributed by atoms with Crippen LogP contribution in [0.3, 0.4) is 0 Å². The molecule has 0 saturated heterocycles. The first-order valence-electron chi connectivity index (χ1n) is 27.9. The van der Waals surface area contributed by atoms with Gasteiger partial charge in [0.1, 0.15) is 5.82 Å². The van der Waals surface area contributed by atoms with Crippen molar-refractivity contribution in [2.75, 3.05) is 9.80 Å². The van der Waals surface area contributed by atoms with Crippen LogP contribution in [0.15, 0.2) is 212 Å². The number of ether oxygens (including phenoxy) is 1. The van der Waals surface area contributed by atoms with E-state index in [-0.39, 0.29) is 26.5 Å². The Labute approximate surface area is 478 Å². The summed E-state index contributed by atoms with van der Waals surface area (Å²) in [7, 11) is 0. The molecule has 79 heavy (non-hydrogen) atoms. The third-order valence-electron chi connectivity index (χ3n) is 18.0. The Kier molecular flexibility index (Phi) is 12.3. The summed E-state index contributed by atoms with van der Waals surface area (Å²) >= 11 is 0. The molecule has 9 aromatic carbocycles. The zero-order valence-corrected chi connectivity index (χ0v) is 46.9. The number of pyridine rings is 1. The van der Waals surface area contributed by atoms with Crippen LogP contribution in [0.5, 0.6) is 11.5 Å². The molecule has 16 rings (SSSR count). The second-order valence-electron chi connectivity index (χ2n) is 22.7. The zero-order chi connectivity index (χ0) is 52.1. The van der Waals surface area contributed by atoms with Gasteiger partial charge < -0.3 is 19.1 Å². The molecular weight excluding hydrogens is 1140 g/mol. The summed E-state index contributed by atoms with van der Waals surface area (Å²) in [6.07, 6.45) is 8.72. The van der Waals surface area contributed by atoms with E-state index >= 15 is 0 Å². The van der Waals surface area contributed by atoms with Crippen LogP contribution in [0.1, 0.15) is 59.9 Å². The summed E-state index contributed by atoms with van der Waals surface area (Å²) in [5.74, 6) is 5.06. The molecule has 3 heterocycles. The molecule has 1 aliphatic heterocycles. The van der Waals surface area contributed by atoms with Crippen LogP contribution in [-0.4, -0.2) is 9.55 Å². The number of hydrogen-bond donors (Lipinski definition) is 0. The van der Waals surface area contributed by atoms with Crippen LogP contribution < -0.4 is 14.5 Å². The van der Waals surface area contributed by atoms with E-state index in [1.807, 2.05) is 0 Å². The molecule has 0 amide bonds. The zero-order valence-electron chi connectivity index (χ0n) is 44.6. The molecule has 5 nitrogen and oxygen atoms in total. The molecule has 4 aliphatic carbocycles. The van der Waals surface area contributed by atoms with Crippen molar-refractivity contribution in [3.05, 3.63) is 259 Å². The number of para-hydroxylation sites is 4. The number of aromatic nitrogens is 2. The van der Waals surface area contributed by atoms with Gasteiger partial charge in [-0.15, -0.1) is 53.6 Å². The Morgan fingerprint density at radius 1 is 0.519 bits per heavy atom. The fourth-order valence-corrected chi connectivity index (χ4v) is 15.3. The van der Waals surface area contributed by atoms with E-state index in [2.05, 4.69) is 266 Å². The molecule has 6 heteroatoms. The molecule has 2 aromatic heterocycles. The van der Waals surface area contributed by atoms with Crippen molar-refractivity contribution >= 4 is 44.6 Å². The van der Waals surface area contributed by atoms with Crippen molar-refractivity contribution < 1.29 is 25.8 Å². The van der Waals surface area contributed by atoms with E-state index in [1.54, 1.807) is 0 Å². The molecule has 4 saturated carbocycles. The number of rotatable bonds is 10. The second-order valence-corrected chi connectivity index (χ2v) is 22.7. The smallest absolute Gasteiger partial charge is 0.135 e. The third kappa shape index (κ3) is 8.18. The van der Waals surface area contributed by atoms with Gasteiger partial charge in [-0.05, 0) is 151 Å². The van der Waals surface area contributed by atoms with E-state index in [0.717, 1.165) is 90.0 Å². The molecule has 4 bridgehead atoms. The van der Waals surface area contributed by atoms with Gasteiger partial charge in [0.25, 0.3) is 0 Å². The number of aryl methyl sites for hydroxylation is 3. The van der Waals surface area contributed by atoms with Gasteiger partial charge in [-0.2, -0.15) is 6.07 Å². The van der Waals surface area contributed by atoms with Crippen LogP contribution in [-0.2, 0) is 26.5 Å². The van der Waals surface area contributed by atoms with Crippen molar-refractivity contribution in [2.45, 2.75) is 58.3 Å². The van der Waals surface area contributed by atoms with Gasteiger partial charge in [0.05, 0.1) is 0 Å². The van der Waals surface area contributed by atoms with Gasteiger partial charge >= 0.3 is 0 Å². The first kappa shape index (κ1) is 49.3. The molecule has 4 fully saturated rings. The first-order valence-corrected chi connectivity index (χ1v) is 27.9. The standard InChI is InChI=1S/C73H59N4O.Pt/c1-47-34-48(2)71(49(3)35-47)54-41-59(75-46-76(68-29-16-15-28-67(68)75)72-62(52-18-7-4-8-19-52)25-17-26-63(72)53-20-9-5-10-21-53)44-61(42-54)78-60-30-31-65-64-24-13-14-27-66(64)77(69(65)45-60)70-43-56(32-33-74-70)73(55-22-11-6-12-23-55)57-37-50-36-51(39-57)40-58(73)38-50;/h4-35,41-43,46,50-51,57-58H,36-40H2,1-3H3;/q-3;. The van der Waals surface area contributed by atoms with Gasteiger partial charge in [0.2, 0.25) is 0 Å². The van der Waals surface area contributed by atoms with Crippen LogP contribution >= 0.6 is 0 Å². The van der Waals surface area contributed by atoms with E-state index < -0.39 is 0 Å². The maximum absolute atomic E-state index is 7.15. The van der Waals surface area contributed by atoms with E-state index in [4.69, 9.17) is 9.72 Å². The van der Waals surface area contributed by atoms with Crippen LogP contribution in [0, 0.1) is 63.2 Å². The quantitative estimate of drug-likeness (QED) is 0.128. The summed E-state index contributed by atoms with van der Waals surface area (Å²) in [5.41, 5.74) is 19.4. The minimum absolute atomic E-state index is 0. The summed E-state index contributed by atoms with van der Waals surface area (Å²) < 4.78 is 9.47. The van der Waals surface area contributed by atoms with Crippen LogP contribution in [0.4, 0.5) is 22.7 Å². The van der Waals surface area contributed by atoms with Crippen molar-refractivity contribution in [3.63, 3.8) is 0 Å². The van der Waals surface area contributed by atoms with E-state index in [0.29, 0.717) is 23.3 Å². The molecular formula is C73H59N4OPt-3. The average molecular weight is 1200 g/mol. The fourth-order valence-electron chi connectivity index (χ4n) is 15.3. The number of anilines is 4. The summed E-state index contributed by atoms with van der Waals surface area (Å²) in [4.78, 5) is 9.86. The molecule has 390 valence electrons. The average Bonchev–Trinajstić information content (AvgIpc) is 4.11. The second kappa shape index (κ2) is 19.7. The SMILES string of the molecule is Cc1cc(C)c(-c2cc(Oc3[c-]c4c(cc3)c3ccccc3n4-c3cc(C4(c5ccccc5)C5CC6CC(C5)CC4C6)ccn3)[c-]c(N3[CH-]N(c4c(-c5ccccc5)cccc4-c4ccccc4)c4ccccc43)c2)c(C)c1.[Pt]. The Morgan fingerprint density at radius 3 is 1.80 bits per heavy atom. The minimum atomic E-state index is -0.0460. The van der Waals surface area contributed by atoms with E-state index in [9.17, 15) is 0 Å². The van der Waals surface area contributed by atoms with Gasteiger partial charge in [-0.3, -0.25) is 0 Å². The van der Waals surface area contributed by atoms with Crippen molar-refractivity contribution in [2.24, 2.45) is 23.7 Å². The van der Waals surface area contributed by atoms with Crippen LogP contribution in [0.25, 0.3) is 61.0 Å². The van der Waals surface area contributed by atoms with Gasteiger partial charge in [-0.1, -0.05) is 163 Å². The third-order valence-corrected chi connectivity index (χ3v) is 18.0. The molecule has 0 atom stereocenters. The molecule has 0 unspecified atom stereocenters. The predicted octanol–water partition coefficient (Wildman–Crippen LogP) is 18.6. The minimum Gasteiger partial charge on any atom is -0.509 e.